The van der Waals surface area contributed by atoms with E-state index in [-0.39, 0.29) is 0 Å². The fourth-order valence-electron chi connectivity index (χ4n) is 1.66. The van der Waals surface area contributed by atoms with E-state index in [1.165, 1.54) is 25.8 Å². The Balaban J connectivity index is 2.03. The van der Waals surface area contributed by atoms with Crippen molar-refractivity contribution in [3.8, 4) is 0 Å². The highest BCUT2D eigenvalue weighted by atomic mass is 16.6. The Hall–Kier alpha value is -0.120. The maximum Gasteiger partial charge on any atom is 0.0654 e. The lowest BCUT2D eigenvalue weighted by Gasteiger charge is -2.17. The van der Waals surface area contributed by atoms with Crippen molar-refractivity contribution in [3.63, 3.8) is 0 Å². The monoisotopic (exact) mass is 172 g/mol. The summed E-state index contributed by atoms with van der Waals surface area (Å²) in [5.41, 5.74) is 3.02. The van der Waals surface area contributed by atoms with Crippen LogP contribution in [0.5, 0.6) is 0 Å². The van der Waals surface area contributed by atoms with Gasteiger partial charge < -0.3 is 10.2 Å². The lowest BCUT2D eigenvalue weighted by molar-refractivity contribution is 0.0250. The van der Waals surface area contributed by atoms with Crippen molar-refractivity contribution < 1.29 is 4.84 Å². The van der Waals surface area contributed by atoms with Crippen molar-refractivity contribution in [1.29, 1.82) is 0 Å². The number of nitrogens with one attached hydrogen (secondary N) is 2. The summed E-state index contributed by atoms with van der Waals surface area (Å²) in [6.45, 7) is 6.08. The summed E-state index contributed by atoms with van der Waals surface area (Å²) in [6.07, 6.45) is 3.81. The number of rotatable bonds is 5. The van der Waals surface area contributed by atoms with Crippen LogP contribution in [0.3, 0.4) is 0 Å². The van der Waals surface area contributed by atoms with E-state index in [0.29, 0.717) is 12.1 Å². The van der Waals surface area contributed by atoms with E-state index in [1.54, 1.807) is 0 Å². The van der Waals surface area contributed by atoms with Gasteiger partial charge in [0.2, 0.25) is 0 Å². The summed E-state index contributed by atoms with van der Waals surface area (Å²) >= 11 is 0. The zero-order valence-corrected chi connectivity index (χ0v) is 8.10. The molecule has 1 saturated heterocycles. The number of hydrogen-bond donors (Lipinski definition) is 2. The van der Waals surface area contributed by atoms with E-state index in [1.807, 2.05) is 6.92 Å². The maximum absolute atomic E-state index is 5.13. The van der Waals surface area contributed by atoms with Gasteiger partial charge in [-0.15, -0.1) is 0 Å². The molecule has 0 radical (unpaired) electrons. The molecule has 0 aromatic heterocycles. The molecule has 0 aromatic carbocycles. The van der Waals surface area contributed by atoms with Crippen LogP contribution in [-0.2, 0) is 4.84 Å². The lowest BCUT2D eigenvalue weighted by Crippen LogP contribution is -2.33. The summed E-state index contributed by atoms with van der Waals surface area (Å²) in [6, 6.07) is 1.16. The van der Waals surface area contributed by atoms with Gasteiger partial charge in [0.1, 0.15) is 0 Å². The molecular formula is C9H20N2O. The topological polar surface area (TPSA) is 33.3 Å². The molecule has 2 N–H and O–H groups in total. The van der Waals surface area contributed by atoms with Crippen LogP contribution in [0.25, 0.3) is 0 Å². The molecule has 2 atom stereocenters. The molecule has 12 heavy (non-hydrogen) atoms. The first-order valence-corrected chi connectivity index (χ1v) is 4.93. The third-order valence-corrected chi connectivity index (χ3v) is 2.23. The highest BCUT2D eigenvalue weighted by Crippen LogP contribution is 2.10. The Morgan fingerprint density at radius 1 is 1.67 bits per heavy atom. The zero-order valence-electron chi connectivity index (χ0n) is 8.10. The van der Waals surface area contributed by atoms with Gasteiger partial charge in [-0.25, -0.2) is 0 Å². The Labute approximate surface area is 74.8 Å². The summed E-state index contributed by atoms with van der Waals surface area (Å²) in [5.74, 6) is 0. The van der Waals surface area contributed by atoms with E-state index < -0.39 is 0 Å². The van der Waals surface area contributed by atoms with Crippen LogP contribution in [0.4, 0.5) is 0 Å². The minimum atomic E-state index is 0.459. The average molecular weight is 172 g/mol. The van der Waals surface area contributed by atoms with Gasteiger partial charge in [0.05, 0.1) is 6.61 Å². The SMILES string of the molecule is CCONC(C)CC1CCCN1. The van der Waals surface area contributed by atoms with Crippen LogP contribution in [0.15, 0.2) is 0 Å². The summed E-state index contributed by atoms with van der Waals surface area (Å²) < 4.78 is 0. The molecule has 0 amide bonds. The zero-order chi connectivity index (χ0) is 8.81. The van der Waals surface area contributed by atoms with E-state index >= 15 is 0 Å². The van der Waals surface area contributed by atoms with Gasteiger partial charge in [0.25, 0.3) is 0 Å². The Kier molecular flexibility index (Phi) is 4.58. The van der Waals surface area contributed by atoms with Crippen molar-refractivity contribution in [1.82, 2.24) is 10.8 Å². The quantitative estimate of drug-likeness (QED) is 0.608. The van der Waals surface area contributed by atoms with E-state index in [9.17, 15) is 0 Å². The fraction of sp³-hybridized carbons (Fsp3) is 1.00. The molecule has 0 aliphatic carbocycles. The van der Waals surface area contributed by atoms with Crippen molar-refractivity contribution in [2.45, 2.75) is 45.2 Å². The third kappa shape index (κ3) is 3.52. The second kappa shape index (κ2) is 5.51. The van der Waals surface area contributed by atoms with Crippen molar-refractivity contribution in [2.75, 3.05) is 13.2 Å². The summed E-state index contributed by atoms with van der Waals surface area (Å²) in [4.78, 5) is 5.13. The van der Waals surface area contributed by atoms with Gasteiger partial charge in [-0.3, -0.25) is 0 Å². The lowest BCUT2D eigenvalue weighted by atomic mass is 10.1. The second-order valence-corrected chi connectivity index (χ2v) is 3.48. The molecule has 1 rings (SSSR count). The molecule has 3 heteroatoms. The van der Waals surface area contributed by atoms with E-state index in [0.717, 1.165) is 6.61 Å². The first-order valence-electron chi connectivity index (χ1n) is 4.93. The highest BCUT2D eigenvalue weighted by molar-refractivity contribution is 4.77. The molecule has 0 spiro atoms. The fourth-order valence-corrected chi connectivity index (χ4v) is 1.66. The maximum atomic E-state index is 5.13. The van der Waals surface area contributed by atoms with E-state index in [2.05, 4.69) is 17.7 Å². The standard InChI is InChI=1S/C9H20N2O/c1-3-12-11-8(2)7-9-5-4-6-10-9/h8-11H,3-7H2,1-2H3. The van der Waals surface area contributed by atoms with Crippen LogP contribution in [0, 0.1) is 0 Å². The highest BCUT2D eigenvalue weighted by Gasteiger charge is 2.16. The molecule has 0 bridgehead atoms. The van der Waals surface area contributed by atoms with Gasteiger partial charge in [0, 0.05) is 12.1 Å². The molecule has 72 valence electrons. The number of hydroxylamine groups is 1. The molecular weight excluding hydrogens is 152 g/mol. The van der Waals surface area contributed by atoms with Crippen LogP contribution in [0.1, 0.15) is 33.1 Å². The molecule has 3 nitrogen and oxygen atoms in total. The molecule has 1 aliphatic heterocycles. The molecule has 2 unspecified atom stereocenters. The van der Waals surface area contributed by atoms with Crippen LogP contribution in [0.2, 0.25) is 0 Å². The molecule has 1 heterocycles. The third-order valence-electron chi connectivity index (χ3n) is 2.23. The van der Waals surface area contributed by atoms with Gasteiger partial charge in [-0.2, -0.15) is 5.48 Å². The Bertz CT molecular complexity index is 113. The van der Waals surface area contributed by atoms with Crippen molar-refractivity contribution >= 4 is 0 Å². The van der Waals surface area contributed by atoms with Crippen LogP contribution < -0.4 is 10.8 Å². The summed E-state index contributed by atoms with van der Waals surface area (Å²) in [5, 5.41) is 3.47. The molecule has 1 fully saturated rings. The minimum absolute atomic E-state index is 0.459. The Morgan fingerprint density at radius 3 is 3.08 bits per heavy atom. The summed E-state index contributed by atoms with van der Waals surface area (Å²) in [7, 11) is 0. The number of hydrogen-bond acceptors (Lipinski definition) is 3. The van der Waals surface area contributed by atoms with Crippen LogP contribution >= 0.6 is 0 Å². The first-order chi connectivity index (χ1) is 5.83. The van der Waals surface area contributed by atoms with Crippen molar-refractivity contribution in [2.24, 2.45) is 0 Å². The van der Waals surface area contributed by atoms with Gasteiger partial charge >= 0.3 is 0 Å². The second-order valence-electron chi connectivity index (χ2n) is 3.48. The largest absolute Gasteiger partial charge is 0.314 e. The van der Waals surface area contributed by atoms with Gasteiger partial charge in [0.15, 0.2) is 0 Å². The smallest absolute Gasteiger partial charge is 0.0654 e. The van der Waals surface area contributed by atoms with Gasteiger partial charge in [-0.05, 0) is 39.7 Å². The Morgan fingerprint density at radius 2 is 2.50 bits per heavy atom. The first kappa shape index (κ1) is 9.96. The van der Waals surface area contributed by atoms with Crippen LogP contribution in [-0.4, -0.2) is 25.2 Å². The predicted octanol–water partition coefficient (Wildman–Crippen LogP) is 1.06. The molecule has 0 saturated carbocycles. The average Bonchev–Trinajstić information content (AvgIpc) is 2.53. The predicted molar refractivity (Wildman–Crippen MR) is 49.9 cm³/mol. The van der Waals surface area contributed by atoms with Gasteiger partial charge in [-0.1, -0.05) is 0 Å². The van der Waals surface area contributed by atoms with E-state index in [4.69, 9.17) is 4.84 Å². The molecule has 0 aromatic rings. The minimum Gasteiger partial charge on any atom is -0.314 e. The normalized spacial score (nSPS) is 26.0. The molecule has 1 aliphatic rings. The van der Waals surface area contributed by atoms with Crippen molar-refractivity contribution in [3.05, 3.63) is 0 Å².